The maximum absolute atomic E-state index is 12.2. The first-order valence-electron chi connectivity index (χ1n) is 6.39. The van der Waals surface area contributed by atoms with Crippen LogP contribution in [0.2, 0.25) is 0 Å². The van der Waals surface area contributed by atoms with E-state index in [4.69, 9.17) is 0 Å². The number of nitrogens with zero attached hydrogens (tertiary/aromatic N) is 2. The molecule has 6 nitrogen and oxygen atoms in total. The summed E-state index contributed by atoms with van der Waals surface area (Å²) in [6.45, 7) is 5.44. The molecule has 2 aromatic rings. The summed E-state index contributed by atoms with van der Waals surface area (Å²) in [5, 5.41) is 12.4. The molecule has 0 spiro atoms. The number of hydrogen-bond donors (Lipinski definition) is 2. The van der Waals surface area contributed by atoms with Gasteiger partial charge in [0, 0.05) is 11.1 Å². The number of carboxylic acid groups (broad SMARTS) is 1. The van der Waals surface area contributed by atoms with Crippen LogP contribution in [0.3, 0.4) is 0 Å². The number of anilines is 1. The Morgan fingerprint density at radius 2 is 2.10 bits per heavy atom. The molecule has 2 rings (SSSR count). The second-order valence-electron chi connectivity index (χ2n) is 4.48. The fourth-order valence-corrected chi connectivity index (χ4v) is 3.23. The Hall–Kier alpha value is -2.28. The predicted octanol–water partition coefficient (Wildman–Crippen LogP) is 2.67. The molecule has 2 aromatic heterocycles. The quantitative estimate of drug-likeness (QED) is 0.906. The van der Waals surface area contributed by atoms with Crippen LogP contribution in [0.5, 0.6) is 0 Å². The van der Waals surface area contributed by atoms with Crippen LogP contribution in [0.4, 0.5) is 5.00 Å². The molecule has 110 valence electrons. The molecule has 0 aliphatic heterocycles. The van der Waals surface area contributed by atoms with E-state index in [0.717, 1.165) is 10.4 Å². The van der Waals surface area contributed by atoms with Crippen molar-refractivity contribution >= 4 is 28.2 Å². The van der Waals surface area contributed by atoms with Crippen molar-refractivity contribution in [1.29, 1.82) is 0 Å². The number of thiophene rings is 1. The minimum Gasteiger partial charge on any atom is -0.478 e. The van der Waals surface area contributed by atoms with Crippen LogP contribution in [-0.2, 0) is 6.42 Å². The molecular formula is C14H15N3O3S. The number of aromatic carboxylic acids is 1. The molecule has 0 aromatic carbocycles. The number of aryl methyl sites for hydroxylation is 2. The van der Waals surface area contributed by atoms with Gasteiger partial charge in [-0.25, -0.2) is 14.8 Å². The number of rotatable bonds is 4. The van der Waals surface area contributed by atoms with E-state index in [1.165, 1.54) is 23.9 Å². The number of aromatic nitrogens is 2. The summed E-state index contributed by atoms with van der Waals surface area (Å²) in [6, 6.07) is 0. The Balaban J connectivity index is 2.38. The molecule has 21 heavy (non-hydrogen) atoms. The zero-order valence-electron chi connectivity index (χ0n) is 11.9. The number of hydrogen-bond acceptors (Lipinski definition) is 5. The van der Waals surface area contributed by atoms with E-state index >= 15 is 0 Å². The van der Waals surface area contributed by atoms with Crippen LogP contribution < -0.4 is 5.32 Å². The minimum absolute atomic E-state index is 0.169. The Kier molecular flexibility index (Phi) is 4.32. The lowest BCUT2D eigenvalue weighted by Gasteiger charge is -2.06. The van der Waals surface area contributed by atoms with Crippen molar-refractivity contribution in [2.45, 2.75) is 27.2 Å². The molecule has 0 bridgehead atoms. The van der Waals surface area contributed by atoms with Crippen LogP contribution in [-0.4, -0.2) is 27.0 Å². The molecule has 0 aliphatic rings. The van der Waals surface area contributed by atoms with Gasteiger partial charge in [-0.3, -0.25) is 4.79 Å². The Morgan fingerprint density at radius 1 is 1.38 bits per heavy atom. The summed E-state index contributed by atoms with van der Waals surface area (Å²) in [7, 11) is 0. The fourth-order valence-electron chi connectivity index (χ4n) is 2.10. The summed E-state index contributed by atoms with van der Waals surface area (Å²) in [5.74, 6) is -1.44. The van der Waals surface area contributed by atoms with Crippen molar-refractivity contribution in [3.63, 3.8) is 0 Å². The summed E-state index contributed by atoms with van der Waals surface area (Å²) in [5.41, 5.74) is 1.80. The van der Waals surface area contributed by atoms with Crippen molar-refractivity contribution in [3.8, 4) is 0 Å². The Bertz CT molecular complexity index is 709. The topological polar surface area (TPSA) is 92.2 Å². The third-order valence-electron chi connectivity index (χ3n) is 3.16. The highest BCUT2D eigenvalue weighted by atomic mass is 32.1. The van der Waals surface area contributed by atoms with Gasteiger partial charge in [-0.1, -0.05) is 6.92 Å². The van der Waals surface area contributed by atoms with E-state index < -0.39 is 11.9 Å². The van der Waals surface area contributed by atoms with Crippen LogP contribution in [0.25, 0.3) is 0 Å². The van der Waals surface area contributed by atoms with Crippen LogP contribution in [0.15, 0.2) is 12.5 Å². The molecule has 7 heteroatoms. The van der Waals surface area contributed by atoms with E-state index in [9.17, 15) is 14.7 Å². The summed E-state index contributed by atoms with van der Waals surface area (Å²) in [6.07, 6.45) is 3.38. The molecule has 0 radical (unpaired) electrons. The second kappa shape index (κ2) is 6.01. The summed E-state index contributed by atoms with van der Waals surface area (Å²) >= 11 is 1.27. The zero-order valence-corrected chi connectivity index (χ0v) is 12.7. The Morgan fingerprint density at radius 3 is 2.67 bits per heavy atom. The van der Waals surface area contributed by atoms with Crippen molar-refractivity contribution in [3.05, 3.63) is 39.8 Å². The maximum atomic E-state index is 12.2. The highest BCUT2D eigenvalue weighted by Crippen LogP contribution is 2.33. The number of carbonyl (C=O) groups excluding carboxylic acids is 1. The number of carboxylic acids is 1. The van der Waals surface area contributed by atoms with Gasteiger partial charge in [0.2, 0.25) is 0 Å². The van der Waals surface area contributed by atoms with Crippen molar-refractivity contribution < 1.29 is 14.7 Å². The van der Waals surface area contributed by atoms with Crippen molar-refractivity contribution in [2.75, 3.05) is 5.32 Å². The number of carbonyl (C=O) groups is 2. The minimum atomic E-state index is -1.03. The Labute approximate surface area is 125 Å². The van der Waals surface area contributed by atoms with Gasteiger partial charge in [0.25, 0.3) is 5.91 Å². The van der Waals surface area contributed by atoms with E-state index in [0.29, 0.717) is 22.7 Å². The van der Waals surface area contributed by atoms with Crippen molar-refractivity contribution in [2.24, 2.45) is 0 Å². The van der Waals surface area contributed by atoms with Gasteiger partial charge in [-0.2, -0.15) is 0 Å². The van der Waals surface area contributed by atoms with Gasteiger partial charge >= 0.3 is 5.97 Å². The largest absolute Gasteiger partial charge is 0.478 e. The first kappa shape index (κ1) is 15.1. The zero-order chi connectivity index (χ0) is 15.6. The first-order chi connectivity index (χ1) is 9.95. The van der Waals surface area contributed by atoms with Crippen LogP contribution >= 0.6 is 11.3 Å². The summed E-state index contributed by atoms with van der Waals surface area (Å²) < 4.78 is 0. The lowest BCUT2D eigenvalue weighted by atomic mass is 10.1. The third kappa shape index (κ3) is 2.92. The fraction of sp³-hybridized carbons (Fsp3) is 0.286. The smallest absolute Gasteiger partial charge is 0.339 e. The molecule has 0 saturated heterocycles. The normalized spacial score (nSPS) is 10.4. The van der Waals surface area contributed by atoms with Gasteiger partial charge in [0.05, 0.1) is 16.8 Å². The monoisotopic (exact) mass is 305 g/mol. The van der Waals surface area contributed by atoms with E-state index in [-0.39, 0.29) is 5.56 Å². The maximum Gasteiger partial charge on any atom is 0.339 e. The molecule has 0 saturated carbocycles. The lowest BCUT2D eigenvalue weighted by molar-refractivity contribution is 0.0697. The standard InChI is InChI=1S/C14H15N3O3S/c1-4-9-8(3)21-13(11(9)14(19)20)17-12(18)10-5-15-6-16-7(10)2/h5-6H,4H2,1-3H3,(H,17,18)(H,19,20). The second-order valence-corrected chi connectivity index (χ2v) is 5.70. The molecule has 2 N–H and O–H groups in total. The number of amides is 1. The SMILES string of the molecule is CCc1c(C)sc(NC(=O)c2cncnc2C)c1C(=O)O. The predicted molar refractivity (Wildman–Crippen MR) is 80.1 cm³/mol. The number of nitrogens with one attached hydrogen (secondary N) is 1. The molecule has 2 heterocycles. The van der Waals surface area contributed by atoms with Crippen molar-refractivity contribution in [1.82, 2.24) is 9.97 Å². The van der Waals surface area contributed by atoms with Gasteiger partial charge < -0.3 is 10.4 Å². The van der Waals surface area contributed by atoms with E-state index in [1.54, 1.807) is 6.92 Å². The van der Waals surface area contributed by atoms with E-state index in [2.05, 4.69) is 15.3 Å². The van der Waals surface area contributed by atoms with Gasteiger partial charge in [0.15, 0.2) is 0 Å². The third-order valence-corrected chi connectivity index (χ3v) is 4.22. The average Bonchev–Trinajstić information content (AvgIpc) is 2.74. The van der Waals surface area contributed by atoms with Gasteiger partial charge in [-0.05, 0) is 25.8 Å². The molecular weight excluding hydrogens is 290 g/mol. The van der Waals surface area contributed by atoms with Gasteiger partial charge in [-0.15, -0.1) is 11.3 Å². The highest BCUT2D eigenvalue weighted by Gasteiger charge is 2.22. The molecule has 1 amide bonds. The lowest BCUT2D eigenvalue weighted by Crippen LogP contribution is -2.15. The highest BCUT2D eigenvalue weighted by molar-refractivity contribution is 7.16. The van der Waals surface area contributed by atoms with E-state index in [1.807, 2.05) is 13.8 Å². The molecule has 0 unspecified atom stereocenters. The average molecular weight is 305 g/mol. The molecule has 0 atom stereocenters. The summed E-state index contributed by atoms with van der Waals surface area (Å²) in [4.78, 5) is 32.3. The first-order valence-corrected chi connectivity index (χ1v) is 7.20. The van der Waals surface area contributed by atoms with Crippen LogP contribution in [0, 0.1) is 13.8 Å². The van der Waals surface area contributed by atoms with Crippen LogP contribution in [0.1, 0.15) is 43.8 Å². The molecule has 0 aliphatic carbocycles. The molecule has 0 fully saturated rings. The van der Waals surface area contributed by atoms with Gasteiger partial charge in [0.1, 0.15) is 11.3 Å².